The highest BCUT2D eigenvalue weighted by atomic mass is 16.4. The molecule has 56 valence electrons. The Kier molecular flexibility index (Phi) is 1.09. The number of hydrogen-bond acceptors (Lipinski definition) is 3. The molecule has 2 rings (SSSR count). The van der Waals surface area contributed by atoms with Crippen molar-refractivity contribution in [3.05, 3.63) is 21.3 Å². The lowest BCUT2D eigenvalue weighted by molar-refractivity contribution is -0.112. The van der Waals surface area contributed by atoms with Crippen molar-refractivity contribution in [1.82, 2.24) is 4.98 Å². The fourth-order valence-corrected chi connectivity index (χ4v) is 1.02. The zero-order valence-corrected chi connectivity index (χ0v) is 5.59. The Morgan fingerprint density at radius 1 is 1.45 bits per heavy atom. The van der Waals surface area contributed by atoms with Gasteiger partial charge in [-0.3, -0.25) is 9.78 Å². The molecule has 0 saturated carbocycles. The van der Waals surface area contributed by atoms with Crippen molar-refractivity contribution in [3.8, 4) is 0 Å². The van der Waals surface area contributed by atoms with Gasteiger partial charge in [-0.15, -0.1) is 0 Å². The lowest BCUT2D eigenvalue weighted by atomic mass is 10.2. The summed E-state index contributed by atoms with van der Waals surface area (Å²) in [6, 6.07) is 0. The van der Waals surface area contributed by atoms with Crippen molar-refractivity contribution in [3.63, 3.8) is 0 Å². The number of Topliss-reactive ketones (excluding diaryl/α,β-unsaturated/α-hetero) is 1. The summed E-state index contributed by atoms with van der Waals surface area (Å²) < 4.78 is 4.70. The summed E-state index contributed by atoms with van der Waals surface area (Å²) in [7, 11) is 0. The van der Waals surface area contributed by atoms with Gasteiger partial charge in [-0.1, -0.05) is 0 Å². The molecule has 0 spiro atoms. The zero-order valence-electron chi connectivity index (χ0n) is 5.59. The first-order chi connectivity index (χ1) is 5.25. The molecule has 0 radical (unpaired) electrons. The summed E-state index contributed by atoms with van der Waals surface area (Å²) in [5.41, 5.74) is 0.467. The molecule has 1 aliphatic rings. The summed E-state index contributed by atoms with van der Waals surface area (Å²) in [5.74, 6) is -0.535. The second-order valence-electron chi connectivity index (χ2n) is 2.31. The van der Waals surface area contributed by atoms with Crippen LogP contribution in [0.3, 0.4) is 0 Å². The van der Waals surface area contributed by atoms with Gasteiger partial charge in [0.05, 0.1) is 5.35 Å². The van der Waals surface area contributed by atoms with Crippen molar-refractivity contribution < 1.29 is 9.21 Å². The molecule has 0 bridgehead atoms. The highest BCUT2D eigenvalue weighted by Gasteiger charge is 2.04. The smallest absolute Gasteiger partial charge is 0.408 e. The van der Waals surface area contributed by atoms with Crippen LogP contribution >= 0.6 is 0 Å². The predicted molar refractivity (Wildman–Crippen MR) is 37.1 cm³/mol. The number of nitrogens with one attached hydrogen (secondary N) is 1. The number of rotatable bonds is 0. The molecule has 0 aromatic carbocycles. The first kappa shape index (κ1) is 6.15. The Balaban J connectivity index is 2.92. The quantitative estimate of drug-likeness (QED) is 0.491. The van der Waals surface area contributed by atoms with Crippen molar-refractivity contribution >= 4 is 17.9 Å². The van der Waals surface area contributed by atoms with E-state index in [2.05, 4.69) is 4.98 Å². The molecule has 0 atom stereocenters. The van der Waals surface area contributed by atoms with Crippen LogP contribution in [0.15, 0.2) is 9.21 Å². The van der Waals surface area contributed by atoms with Crippen LogP contribution in [-0.4, -0.2) is 10.8 Å². The normalized spacial score (nSPS) is 15.1. The Morgan fingerprint density at radius 2 is 2.27 bits per heavy atom. The second-order valence-corrected chi connectivity index (χ2v) is 2.31. The van der Waals surface area contributed by atoms with Crippen LogP contribution in [0, 0.1) is 0 Å². The minimum Gasteiger partial charge on any atom is -0.408 e. The molecule has 0 unspecified atom stereocenters. The van der Waals surface area contributed by atoms with Crippen LogP contribution in [0.25, 0.3) is 12.2 Å². The van der Waals surface area contributed by atoms with E-state index in [4.69, 9.17) is 4.42 Å². The Bertz CT molecular complexity index is 463. The molecule has 1 aromatic heterocycles. The van der Waals surface area contributed by atoms with Gasteiger partial charge >= 0.3 is 5.76 Å². The van der Waals surface area contributed by atoms with Gasteiger partial charge in [0.1, 0.15) is 0 Å². The van der Waals surface area contributed by atoms with Crippen LogP contribution in [0.2, 0.25) is 0 Å². The summed E-state index contributed by atoms with van der Waals surface area (Å²) in [6.45, 7) is 0. The number of carbonyl (C=O) groups excluding carboxylic acids is 1. The maximum absolute atomic E-state index is 10.8. The summed E-state index contributed by atoms with van der Waals surface area (Å²) in [5, 5.41) is 0.478. The van der Waals surface area contributed by atoms with E-state index in [0.717, 1.165) is 0 Å². The Morgan fingerprint density at radius 3 is 3.09 bits per heavy atom. The van der Waals surface area contributed by atoms with E-state index < -0.39 is 5.76 Å². The summed E-state index contributed by atoms with van der Waals surface area (Å²) >= 11 is 0. The van der Waals surface area contributed by atoms with Crippen LogP contribution < -0.4 is 16.5 Å². The molecule has 0 aliphatic heterocycles. The lowest BCUT2D eigenvalue weighted by Gasteiger charge is -1.89. The van der Waals surface area contributed by atoms with E-state index in [1.807, 2.05) is 0 Å². The van der Waals surface area contributed by atoms with Gasteiger partial charge in [0.15, 0.2) is 11.2 Å². The number of aromatic nitrogens is 1. The van der Waals surface area contributed by atoms with E-state index in [9.17, 15) is 9.59 Å². The summed E-state index contributed by atoms with van der Waals surface area (Å²) in [6.07, 6.45) is 3.28. The highest BCUT2D eigenvalue weighted by Crippen LogP contribution is 1.87. The van der Waals surface area contributed by atoms with Gasteiger partial charge in [0, 0.05) is 12.5 Å². The number of oxazole rings is 1. The van der Waals surface area contributed by atoms with Crippen molar-refractivity contribution in [1.29, 1.82) is 0 Å². The van der Waals surface area contributed by atoms with E-state index in [1.165, 1.54) is 6.08 Å². The van der Waals surface area contributed by atoms with Crippen LogP contribution in [0.4, 0.5) is 0 Å². The predicted octanol–water partition coefficient (Wildman–Crippen LogP) is -1.50. The largest absolute Gasteiger partial charge is 0.417 e. The first-order valence-corrected chi connectivity index (χ1v) is 3.19. The fraction of sp³-hybridized carbons (Fsp3) is 0.143. The third-order valence-electron chi connectivity index (χ3n) is 1.50. The third kappa shape index (κ3) is 0.920. The zero-order chi connectivity index (χ0) is 7.84. The number of ketones is 1. The molecule has 0 saturated heterocycles. The second kappa shape index (κ2) is 1.95. The average Bonchev–Trinajstić information content (AvgIpc) is 2.27. The van der Waals surface area contributed by atoms with Crippen LogP contribution in [0.1, 0.15) is 6.42 Å². The maximum Gasteiger partial charge on any atom is 0.417 e. The molecule has 4 nitrogen and oxygen atoms in total. The SMILES string of the molecule is O=C1C=c2[nH]c(=O)oc2=CC1. The lowest BCUT2D eigenvalue weighted by Crippen LogP contribution is -2.27. The standard InChI is InChI=1S/C7H5NO3/c9-4-1-2-6-5(3-4)8-7(10)11-6/h2-3H,1H2,(H,8,10). The molecule has 11 heavy (non-hydrogen) atoms. The first-order valence-electron chi connectivity index (χ1n) is 3.19. The Labute approximate surface area is 60.8 Å². The van der Waals surface area contributed by atoms with Gasteiger partial charge in [-0.05, 0) is 6.08 Å². The number of H-pyrrole nitrogens is 1. The molecule has 0 fully saturated rings. The monoisotopic (exact) mass is 151 g/mol. The van der Waals surface area contributed by atoms with E-state index in [0.29, 0.717) is 17.2 Å². The van der Waals surface area contributed by atoms with E-state index in [-0.39, 0.29) is 5.78 Å². The minimum absolute atomic E-state index is 0.0189. The highest BCUT2D eigenvalue weighted by molar-refractivity contribution is 6.08. The minimum atomic E-state index is -0.516. The van der Waals surface area contributed by atoms with Gasteiger partial charge in [0.2, 0.25) is 0 Å². The number of carbonyl (C=O) groups is 1. The number of fused-ring (bicyclic) bond motifs is 1. The molecule has 1 aliphatic carbocycles. The molecular weight excluding hydrogens is 146 g/mol. The average molecular weight is 151 g/mol. The van der Waals surface area contributed by atoms with Crippen molar-refractivity contribution in [2.75, 3.05) is 0 Å². The van der Waals surface area contributed by atoms with E-state index >= 15 is 0 Å². The van der Waals surface area contributed by atoms with Gasteiger partial charge in [-0.25, -0.2) is 4.79 Å². The summed E-state index contributed by atoms with van der Waals surface area (Å²) in [4.78, 5) is 23.8. The third-order valence-corrected chi connectivity index (χ3v) is 1.50. The maximum atomic E-state index is 10.8. The van der Waals surface area contributed by atoms with Crippen LogP contribution in [-0.2, 0) is 4.79 Å². The van der Waals surface area contributed by atoms with Crippen molar-refractivity contribution in [2.24, 2.45) is 0 Å². The number of hydrogen-bond donors (Lipinski definition) is 1. The molecular formula is C7H5NO3. The van der Waals surface area contributed by atoms with E-state index in [1.54, 1.807) is 6.08 Å². The fourth-order valence-electron chi connectivity index (χ4n) is 1.02. The Hall–Kier alpha value is -1.58. The van der Waals surface area contributed by atoms with Crippen LogP contribution in [0.5, 0.6) is 0 Å². The molecule has 4 heteroatoms. The van der Waals surface area contributed by atoms with Gasteiger partial charge in [0.25, 0.3) is 0 Å². The van der Waals surface area contributed by atoms with Gasteiger partial charge < -0.3 is 4.42 Å². The number of aromatic amines is 1. The van der Waals surface area contributed by atoms with Crippen molar-refractivity contribution in [2.45, 2.75) is 6.42 Å². The molecule has 1 aromatic rings. The molecule has 0 amide bonds. The topological polar surface area (TPSA) is 63.1 Å². The van der Waals surface area contributed by atoms with Gasteiger partial charge in [-0.2, -0.15) is 0 Å². The molecule has 1 heterocycles. The molecule has 1 N–H and O–H groups in total.